The number of imidazole rings is 1. The van der Waals surface area contributed by atoms with E-state index in [2.05, 4.69) is 96.0 Å². The van der Waals surface area contributed by atoms with Gasteiger partial charge in [-0.15, -0.1) is 11.8 Å². The number of aliphatic imine (C=N–C) groups is 1. The van der Waals surface area contributed by atoms with Crippen molar-refractivity contribution in [2.24, 2.45) is 4.99 Å². The summed E-state index contributed by atoms with van der Waals surface area (Å²) in [5.41, 5.74) is 5.89. The zero-order chi connectivity index (χ0) is 21.1. The summed E-state index contributed by atoms with van der Waals surface area (Å²) < 4.78 is 2.24. The molecule has 0 spiro atoms. The Morgan fingerprint density at radius 2 is 1.87 bits per heavy atom. The Hall–Kier alpha value is -2.79. The largest absolute Gasteiger partial charge is 0.328 e. The molecule has 0 unspecified atom stereocenters. The molecule has 0 saturated heterocycles. The second-order valence-corrected chi connectivity index (χ2v) is 8.90. The van der Waals surface area contributed by atoms with Crippen molar-refractivity contribution in [1.29, 1.82) is 0 Å². The molecule has 0 saturated carbocycles. The third-order valence-corrected chi connectivity index (χ3v) is 6.36. The number of thioether (sulfide) groups is 1. The van der Waals surface area contributed by atoms with Crippen LogP contribution in [0.25, 0.3) is 0 Å². The van der Waals surface area contributed by atoms with Gasteiger partial charge in [0.1, 0.15) is 12.5 Å². The fourth-order valence-corrected chi connectivity index (χ4v) is 4.76. The van der Waals surface area contributed by atoms with Gasteiger partial charge < -0.3 is 9.47 Å². The number of benzene rings is 2. The molecular formula is C25H28N4S. The van der Waals surface area contributed by atoms with Crippen LogP contribution in [0, 0.1) is 13.8 Å². The predicted molar refractivity (Wildman–Crippen MR) is 128 cm³/mol. The fraction of sp³-hybridized carbons (Fsp3) is 0.280. The highest BCUT2D eigenvalue weighted by Crippen LogP contribution is 2.29. The maximum absolute atomic E-state index is 4.84. The molecule has 0 aliphatic carbocycles. The first-order valence-corrected chi connectivity index (χ1v) is 11.3. The maximum Gasteiger partial charge on any atom is 0.115 e. The second-order valence-electron chi connectivity index (χ2n) is 7.85. The molecule has 2 aromatic carbocycles. The Kier molecular flexibility index (Phi) is 6.09. The molecule has 3 aromatic rings. The normalized spacial score (nSPS) is 13.8. The van der Waals surface area contributed by atoms with Gasteiger partial charge in [0.2, 0.25) is 0 Å². The van der Waals surface area contributed by atoms with E-state index in [4.69, 9.17) is 4.99 Å². The molecule has 0 N–H and O–H groups in total. The van der Waals surface area contributed by atoms with E-state index in [1.807, 2.05) is 24.9 Å². The molecule has 4 nitrogen and oxygen atoms in total. The molecule has 0 bridgehead atoms. The summed E-state index contributed by atoms with van der Waals surface area (Å²) in [6.07, 6.45) is 6.16. The standard InChI is InChI=1S/C25H28N4S/c1-18(2)29-20(4)26-15-25(29)23-12-13-28(17-27-23)24-11-10-22(14-19(24)3)30-16-21-8-6-5-7-9-21/h5-15,18H,16-17H2,1-4H3. The van der Waals surface area contributed by atoms with Crippen LogP contribution in [0.4, 0.5) is 5.69 Å². The molecule has 2 heterocycles. The van der Waals surface area contributed by atoms with Crippen LogP contribution in [0.3, 0.4) is 0 Å². The van der Waals surface area contributed by atoms with Gasteiger partial charge in [-0.25, -0.2) is 4.98 Å². The molecule has 0 fully saturated rings. The number of anilines is 1. The second kappa shape index (κ2) is 8.92. The molecule has 0 atom stereocenters. The Morgan fingerprint density at radius 1 is 1.07 bits per heavy atom. The monoisotopic (exact) mass is 416 g/mol. The first kappa shape index (κ1) is 20.5. The molecule has 1 aliphatic heterocycles. The summed E-state index contributed by atoms with van der Waals surface area (Å²) >= 11 is 1.87. The smallest absolute Gasteiger partial charge is 0.115 e. The minimum Gasteiger partial charge on any atom is -0.328 e. The lowest BCUT2D eigenvalue weighted by Gasteiger charge is -2.25. The van der Waals surface area contributed by atoms with Crippen molar-refractivity contribution in [2.75, 3.05) is 11.6 Å². The predicted octanol–water partition coefficient (Wildman–Crippen LogP) is 6.15. The van der Waals surface area contributed by atoms with Gasteiger partial charge in [-0.05, 0) is 63.1 Å². The zero-order valence-corrected chi connectivity index (χ0v) is 18.9. The molecule has 4 rings (SSSR count). The highest BCUT2D eigenvalue weighted by atomic mass is 32.2. The summed E-state index contributed by atoms with van der Waals surface area (Å²) in [4.78, 5) is 12.8. The van der Waals surface area contributed by atoms with Crippen LogP contribution in [-0.2, 0) is 5.75 Å². The van der Waals surface area contributed by atoms with Gasteiger partial charge >= 0.3 is 0 Å². The molecule has 1 aromatic heterocycles. The van der Waals surface area contributed by atoms with Crippen molar-refractivity contribution >= 4 is 23.2 Å². The molecule has 0 radical (unpaired) electrons. The van der Waals surface area contributed by atoms with E-state index in [1.54, 1.807) is 0 Å². The number of allylic oxidation sites excluding steroid dienone is 1. The van der Waals surface area contributed by atoms with Gasteiger partial charge in [0.15, 0.2) is 0 Å². The molecule has 0 amide bonds. The number of aromatic nitrogens is 2. The van der Waals surface area contributed by atoms with Crippen molar-refractivity contribution in [2.45, 2.75) is 44.4 Å². The topological polar surface area (TPSA) is 33.4 Å². The van der Waals surface area contributed by atoms with Crippen LogP contribution in [0.2, 0.25) is 0 Å². The van der Waals surface area contributed by atoms with Crippen LogP contribution < -0.4 is 4.90 Å². The summed E-state index contributed by atoms with van der Waals surface area (Å²) in [5.74, 6) is 2.01. The van der Waals surface area contributed by atoms with Crippen molar-refractivity contribution < 1.29 is 0 Å². The van der Waals surface area contributed by atoms with E-state index in [0.717, 1.165) is 23.0 Å². The third-order valence-electron chi connectivity index (χ3n) is 5.29. The van der Waals surface area contributed by atoms with Crippen LogP contribution >= 0.6 is 11.8 Å². The van der Waals surface area contributed by atoms with Gasteiger partial charge in [-0.3, -0.25) is 4.99 Å². The average Bonchev–Trinajstić information content (AvgIpc) is 3.15. The minimum absolute atomic E-state index is 0.361. The van der Waals surface area contributed by atoms with Gasteiger partial charge in [0.25, 0.3) is 0 Å². The van der Waals surface area contributed by atoms with E-state index in [-0.39, 0.29) is 0 Å². The fourth-order valence-electron chi connectivity index (χ4n) is 3.81. The lowest BCUT2D eigenvalue weighted by atomic mass is 10.1. The third kappa shape index (κ3) is 4.36. The lowest BCUT2D eigenvalue weighted by molar-refractivity contribution is 0.579. The highest BCUT2D eigenvalue weighted by Gasteiger charge is 2.17. The molecular weight excluding hydrogens is 388 g/mol. The highest BCUT2D eigenvalue weighted by molar-refractivity contribution is 7.98. The van der Waals surface area contributed by atoms with E-state index in [9.17, 15) is 0 Å². The maximum atomic E-state index is 4.84. The zero-order valence-electron chi connectivity index (χ0n) is 18.0. The molecule has 1 aliphatic rings. The SMILES string of the molecule is Cc1cc(SCc2ccccc2)ccc1N1C=CC(c2cnc(C)n2C(C)C)=NC1. The first-order valence-electron chi connectivity index (χ1n) is 10.3. The van der Waals surface area contributed by atoms with Crippen molar-refractivity contribution in [3.05, 3.63) is 89.6 Å². The van der Waals surface area contributed by atoms with Gasteiger partial charge in [-0.1, -0.05) is 30.3 Å². The number of rotatable bonds is 6. The van der Waals surface area contributed by atoms with Gasteiger partial charge in [0, 0.05) is 28.6 Å². The summed E-state index contributed by atoms with van der Waals surface area (Å²) in [7, 11) is 0. The molecule has 154 valence electrons. The number of hydrogen-bond acceptors (Lipinski definition) is 4. The summed E-state index contributed by atoms with van der Waals surface area (Å²) in [6, 6.07) is 17.6. The van der Waals surface area contributed by atoms with Gasteiger partial charge in [-0.2, -0.15) is 0 Å². The van der Waals surface area contributed by atoms with E-state index in [1.165, 1.54) is 21.7 Å². The van der Waals surface area contributed by atoms with Crippen LogP contribution in [0.5, 0.6) is 0 Å². The van der Waals surface area contributed by atoms with Crippen LogP contribution in [0.15, 0.2) is 76.9 Å². The average molecular weight is 417 g/mol. The van der Waals surface area contributed by atoms with Crippen molar-refractivity contribution in [1.82, 2.24) is 9.55 Å². The summed E-state index contributed by atoms with van der Waals surface area (Å²) in [6.45, 7) is 9.19. The van der Waals surface area contributed by atoms with Crippen molar-refractivity contribution in [3.63, 3.8) is 0 Å². The minimum atomic E-state index is 0.361. The number of hydrogen-bond donors (Lipinski definition) is 0. The lowest BCUT2D eigenvalue weighted by Crippen LogP contribution is -2.23. The Balaban J connectivity index is 1.45. The van der Waals surface area contributed by atoms with Crippen LogP contribution in [0.1, 0.15) is 42.5 Å². The molecule has 30 heavy (non-hydrogen) atoms. The molecule has 5 heteroatoms. The Labute approximate surface area is 183 Å². The first-order chi connectivity index (χ1) is 14.5. The van der Waals surface area contributed by atoms with Crippen LogP contribution in [-0.4, -0.2) is 21.9 Å². The Bertz CT molecular complexity index is 1080. The Morgan fingerprint density at radius 3 is 2.53 bits per heavy atom. The summed E-state index contributed by atoms with van der Waals surface area (Å²) in [5, 5.41) is 0. The number of nitrogens with zero attached hydrogens (tertiary/aromatic N) is 4. The number of aryl methyl sites for hydroxylation is 2. The van der Waals surface area contributed by atoms with E-state index >= 15 is 0 Å². The van der Waals surface area contributed by atoms with E-state index < -0.39 is 0 Å². The van der Waals surface area contributed by atoms with E-state index in [0.29, 0.717) is 12.7 Å². The van der Waals surface area contributed by atoms with Gasteiger partial charge in [0.05, 0.1) is 17.6 Å². The quantitative estimate of drug-likeness (QED) is 0.452. The van der Waals surface area contributed by atoms with Crippen molar-refractivity contribution in [3.8, 4) is 0 Å².